The van der Waals surface area contributed by atoms with Crippen LogP contribution in [0.5, 0.6) is 0 Å². The lowest BCUT2D eigenvalue weighted by Crippen LogP contribution is -2.56. The third-order valence-corrected chi connectivity index (χ3v) is 4.12. The minimum absolute atomic E-state index is 0.0259. The number of rotatable bonds is 2. The molecule has 4 heteroatoms. The number of hydrogen-bond donors (Lipinski definition) is 2. The van der Waals surface area contributed by atoms with Gasteiger partial charge >= 0.3 is 0 Å². The molecule has 3 atom stereocenters. The fraction of sp³-hybridized carbons (Fsp3) is 0.643. The summed E-state index contributed by atoms with van der Waals surface area (Å²) >= 11 is 0. The van der Waals surface area contributed by atoms with E-state index in [1.54, 1.807) is 0 Å². The Morgan fingerprint density at radius 3 is 2.72 bits per heavy atom. The van der Waals surface area contributed by atoms with Crippen LogP contribution >= 0.6 is 0 Å². The number of aryl methyl sites for hydroxylation is 1. The average Bonchev–Trinajstić information content (AvgIpc) is 2.65. The van der Waals surface area contributed by atoms with E-state index < -0.39 is 0 Å². The zero-order valence-electron chi connectivity index (χ0n) is 11.7. The van der Waals surface area contributed by atoms with Crippen LogP contribution in [0, 0.1) is 12.8 Å². The van der Waals surface area contributed by atoms with Gasteiger partial charge in [-0.05, 0) is 44.9 Å². The topological polar surface area (TPSA) is 46.1 Å². The number of amides is 1. The predicted molar refractivity (Wildman–Crippen MR) is 72.6 cm³/mol. The van der Waals surface area contributed by atoms with Gasteiger partial charge < -0.3 is 15.2 Å². The van der Waals surface area contributed by atoms with Gasteiger partial charge in [-0.25, -0.2) is 0 Å². The van der Waals surface area contributed by atoms with E-state index in [1.165, 1.54) is 0 Å². The molecule has 0 aromatic carbocycles. The van der Waals surface area contributed by atoms with Crippen LogP contribution in [0.3, 0.4) is 0 Å². The molecule has 2 rings (SSSR count). The SMILES string of the molecule is Cc1ccc(C(=O)NC2C(C)CCNC2C)n1C. The van der Waals surface area contributed by atoms with Crippen LogP contribution in [0.1, 0.15) is 36.5 Å². The van der Waals surface area contributed by atoms with Crippen molar-refractivity contribution in [3.05, 3.63) is 23.5 Å². The highest BCUT2D eigenvalue weighted by atomic mass is 16.2. The average molecular weight is 249 g/mol. The molecule has 0 aliphatic carbocycles. The van der Waals surface area contributed by atoms with Gasteiger partial charge in [0, 0.05) is 24.8 Å². The van der Waals surface area contributed by atoms with Crippen molar-refractivity contribution in [2.75, 3.05) is 6.54 Å². The lowest BCUT2D eigenvalue weighted by atomic mass is 9.89. The summed E-state index contributed by atoms with van der Waals surface area (Å²) in [6.45, 7) is 7.39. The molecule has 0 bridgehead atoms. The molecule has 0 saturated carbocycles. The Kier molecular flexibility index (Phi) is 3.76. The Morgan fingerprint density at radius 2 is 2.17 bits per heavy atom. The first-order valence-corrected chi connectivity index (χ1v) is 6.67. The number of nitrogens with zero attached hydrogens (tertiary/aromatic N) is 1. The van der Waals surface area contributed by atoms with Crippen molar-refractivity contribution in [3.63, 3.8) is 0 Å². The number of hydrogen-bond acceptors (Lipinski definition) is 2. The monoisotopic (exact) mass is 249 g/mol. The van der Waals surface area contributed by atoms with Gasteiger partial charge in [0.05, 0.1) is 0 Å². The van der Waals surface area contributed by atoms with Crippen LogP contribution in [-0.2, 0) is 7.05 Å². The van der Waals surface area contributed by atoms with Gasteiger partial charge in [-0.2, -0.15) is 0 Å². The summed E-state index contributed by atoms with van der Waals surface area (Å²) in [5, 5.41) is 6.58. The van der Waals surface area contributed by atoms with E-state index in [0.29, 0.717) is 12.0 Å². The molecular weight excluding hydrogens is 226 g/mol. The van der Waals surface area contributed by atoms with Crippen LogP contribution < -0.4 is 10.6 Å². The Hall–Kier alpha value is -1.29. The minimum Gasteiger partial charge on any atom is -0.346 e. The Morgan fingerprint density at radius 1 is 1.44 bits per heavy atom. The Bertz CT molecular complexity index is 428. The smallest absolute Gasteiger partial charge is 0.268 e. The van der Waals surface area contributed by atoms with Crippen LogP contribution in [-0.4, -0.2) is 29.1 Å². The molecule has 1 aromatic heterocycles. The quantitative estimate of drug-likeness (QED) is 0.833. The Balaban J connectivity index is 2.09. The molecule has 1 aliphatic rings. The first-order valence-electron chi connectivity index (χ1n) is 6.67. The molecule has 1 aliphatic heterocycles. The molecule has 18 heavy (non-hydrogen) atoms. The zero-order valence-corrected chi connectivity index (χ0v) is 11.7. The van der Waals surface area contributed by atoms with E-state index in [9.17, 15) is 4.79 Å². The zero-order chi connectivity index (χ0) is 13.3. The third kappa shape index (κ3) is 2.43. The summed E-state index contributed by atoms with van der Waals surface area (Å²) < 4.78 is 1.93. The molecular formula is C14H23N3O. The van der Waals surface area contributed by atoms with Crippen molar-refractivity contribution < 1.29 is 4.79 Å². The molecule has 2 heterocycles. The van der Waals surface area contributed by atoms with Gasteiger partial charge in [-0.3, -0.25) is 4.79 Å². The van der Waals surface area contributed by atoms with Gasteiger partial charge in [-0.15, -0.1) is 0 Å². The largest absolute Gasteiger partial charge is 0.346 e. The van der Waals surface area contributed by atoms with Crippen molar-refractivity contribution in [1.82, 2.24) is 15.2 Å². The van der Waals surface area contributed by atoms with Gasteiger partial charge in [0.1, 0.15) is 5.69 Å². The molecule has 1 saturated heterocycles. The summed E-state index contributed by atoms with van der Waals surface area (Å²) in [5.74, 6) is 0.546. The number of aromatic nitrogens is 1. The first-order chi connectivity index (χ1) is 8.50. The van der Waals surface area contributed by atoms with Crippen LogP contribution in [0.25, 0.3) is 0 Å². The second-order valence-electron chi connectivity index (χ2n) is 5.43. The van der Waals surface area contributed by atoms with Crippen molar-refractivity contribution in [2.45, 2.75) is 39.3 Å². The van der Waals surface area contributed by atoms with Crippen molar-refractivity contribution in [3.8, 4) is 0 Å². The number of nitrogens with one attached hydrogen (secondary N) is 2. The van der Waals surface area contributed by atoms with Crippen LogP contribution in [0.2, 0.25) is 0 Å². The first kappa shape index (κ1) is 13.1. The van der Waals surface area contributed by atoms with E-state index in [2.05, 4.69) is 24.5 Å². The molecule has 4 nitrogen and oxygen atoms in total. The van der Waals surface area contributed by atoms with E-state index in [1.807, 2.05) is 30.7 Å². The van der Waals surface area contributed by atoms with Gasteiger partial charge in [0.2, 0.25) is 0 Å². The fourth-order valence-corrected chi connectivity index (χ4v) is 2.67. The molecule has 1 fully saturated rings. The predicted octanol–water partition coefficient (Wildman–Crippen LogP) is 1.45. The highest BCUT2D eigenvalue weighted by Crippen LogP contribution is 2.17. The van der Waals surface area contributed by atoms with E-state index in [4.69, 9.17) is 0 Å². The maximum Gasteiger partial charge on any atom is 0.268 e. The summed E-state index contributed by atoms with van der Waals surface area (Å²) in [4.78, 5) is 12.3. The molecule has 3 unspecified atom stereocenters. The van der Waals surface area contributed by atoms with E-state index in [-0.39, 0.29) is 11.9 Å². The third-order valence-electron chi connectivity index (χ3n) is 4.12. The lowest BCUT2D eigenvalue weighted by Gasteiger charge is -2.36. The molecule has 2 N–H and O–H groups in total. The van der Waals surface area contributed by atoms with Crippen molar-refractivity contribution in [2.24, 2.45) is 13.0 Å². The van der Waals surface area contributed by atoms with Crippen LogP contribution in [0.4, 0.5) is 0 Å². The highest BCUT2D eigenvalue weighted by Gasteiger charge is 2.29. The number of piperidine rings is 1. The van der Waals surface area contributed by atoms with Crippen molar-refractivity contribution in [1.29, 1.82) is 0 Å². The van der Waals surface area contributed by atoms with E-state index >= 15 is 0 Å². The van der Waals surface area contributed by atoms with Crippen molar-refractivity contribution >= 4 is 5.91 Å². The maximum atomic E-state index is 12.3. The minimum atomic E-state index is 0.0259. The van der Waals surface area contributed by atoms with Gasteiger partial charge in [-0.1, -0.05) is 6.92 Å². The van der Waals surface area contributed by atoms with Gasteiger partial charge in [0.25, 0.3) is 5.91 Å². The van der Waals surface area contributed by atoms with Gasteiger partial charge in [0.15, 0.2) is 0 Å². The summed E-state index contributed by atoms with van der Waals surface area (Å²) in [6, 6.07) is 4.40. The molecule has 100 valence electrons. The Labute approximate surface area is 109 Å². The molecule has 1 aromatic rings. The second kappa shape index (κ2) is 5.14. The molecule has 1 amide bonds. The fourth-order valence-electron chi connectivity index (χ4n) is 2.67. The summed E-state index contributed by atoms with van der Waals surface area (Å²) in [7, 11) is 1.93. The number of carbonyl (C=O) groups excluding carboxylic acids is 1. The maximum absolute atomic E-state index is 12.3. The molecule has 0 spiro atoms. The second-order valence-corrected chi connectivity index (χ2v) is 5.43. The summed E-state index contributed by atoms with van der Waals surface area (Å²) in [5.41, 5.74) is 1.83. The lowest BCUT2D eigenvalue weighted by molar-refractivity contribution is 0.0889. The number of carbonyl (C=O) groups is 1. The summed E-state index contributed by atoms with van der Waals surface area (Å²) in [6.07, 6.45) is 1.11. The molecule has 0 radical (unpaired) electrons. The highest BCUT2D eigenvalue weighted by molar-refractivity contribution is 5.93. The normalized spacial score (nSPS) is 28.1. The van der Waals surface area contributed by atoms with E-state index in [0.717, 1.165) is 24.4 Å². The standard InChI is InChI=1S/C14H23N3O/c1-9-7-8-15-11(3)13(9)16-14(18)12-6-5-10(2)17(12)4/h5-6,9,11,13,15H,7-8H2,1-4H3,(H,16,18). The van der Waals surface area contributed by atoms with Crippen LogP contribution in [0.15, 0.2) is 12.1 Å².